The van der Waals surface area contributed by atoms with Gasteiger partial charge in [0.05, 0.1) is 31.5 Å². The Hall–Kier alpha value is -2.58. The molecule has 0 aromatic heterocycles. The van der Waals surface area contributed by atoms with Crippen molar-refractivity contribution in [2.45, 2.75) is 25.8 Å². The van der Waals surface area contributed by atoms with E-state index in [4.69, 9.17) is 4.74 Å². The van der Waals surface area contributed by atoms with Crippen LogP contribution in [0.15, 0.2) is 48.5 Å². The SMILES string of the molecule is COc1ccc(CC(=O)N(C)[C@H](CN2CC[C@H](C)C2)c2ccccc2)cc1NS(C)(=O)=O. The Labute approximate surface area is 191 Å². The van der Waals surface area contributed by atoms with Crippen LogP contribution in [-0.4, -0.2) is 64.2 Å². The number of carbonyl (C=O) groups is 1. The van der Waals surface area contributed by atoms with Crippen molar-refractivity contribution in [2.24, 2.45) is 5.92 Å². The lowest BCUT2D eigenvalue weighted by molar-refractivity contribution is -0.131. The number of likely N-dealkylation sites (N-methyl/N-ethyl adjacent to an activating group) is 1. The van der Waals surface area contributed by atoms with E-state index >= 15 is 0 Å². The lowest BCUT2D eigenvalue weighted by Crippen LogP contribution is -2.39. The number of nitrogens with zero attached hydrogens (tertiary/aromatic N) is 2. The first-order valence-corrected chi connectivity index (χ1v) is 12.7. The van der Waals surface area contributed by atoms with E-state index in [1.165, 1.54) is 13.5 Å². The van der Waals surface area contributed by atoms with E-state index < -0.39 is 10.0 Å². The van der Waals surface area contributed by atoms with Crippen molar-refractivity contribution in [3.8, 4) is 5.75 Å². The summed E-state index contributed by atoms with van der Waals surface area (Å²) < 4.78 is 31.1. The molecule has 0 spiro atoms. The minimum absolute atomic E-state index is 0.0263. The van der Waals surface area contributed by atoms with Crippen molar-refractivity contribution in [2.75, 3.05) is 44.8 Å². The number of nitrogens with one attached hydrogen (secondary N) is 1. The number of hydrogen-bond donors (Lipinski definition) is 1. The van der Waals surface area contributed by atoms with Gasteiger partial charge in [-0.25, -0.2) is 8.42 Å². The maximum atomic E-state index is 13.3. The van der Waals surface area contributed by atoms with E-state index in [1.54, 1.807) is 18.2 Å². The highest BCUT2D eigenvalue weighted by Crippen LogP contribution is 2.28. The number of anilines is 1. The second-order valence-electron chi connectivity index (χ2n) is 8.67. The number of amides is 1. The predicted octanol–water partition coefficient (Wildman–Crippen LogP) is 3.15. The zero-order chi connectivity index (χ0) is 23.3. The van der Waals surface area contributed by atoms with Crippen molar-refractivity contribution >= 4 is 21.6 Å². The third-order valence-corrected chi connectivity index (χ3v) is 6.49. The largest absolute Gasteiger partial charge is 0.495 e. The van der Waals surface area contributed by atoms with Crippen LogP contribution in [-0.2, 0) is 21.2 Å². The summed E-state index contributed by atoms with van der Waals surface area (Å²) in [6, 6.07) is 15.2. The van der Waals surface area contributed by atoms with Crippen LogP contribution in [0.3, 0.4) is 0 Å². The summed E-state index contributed by atoms with van der Waals surface area (Å²) >= 11 is 0. The Morgan fingerprint density at radius 1 is 1.25 bits per heavy atom. The average Bonchev–Trinajstić information content (AvgIpc) is 3.16. The Balaban J connectivity index is 1.79. The molecule has 1 aliphatic heterocycles. The summed E-state index contributed by atoms with van der Waals surface area (Å²) in [5.41, 5.74) is 2.15. The van der Waals surface area contributed by atoms with E-state index in [9.17, 15) is 13.2 Å². The monoisotopic (exact) mass is 459 g/mol. The van der Waals surface area contributed by atoms with Gasteiger partial charge in [-0.2, -0.15) is 0 Å². The van der Waals surface area contributed by atoms with Crippen molar-refractivity contribution in [3.63, 3.8) is 0 Å². The van der Waals surface area contributed by atoms with E-state index in [0.29, 0.717) is 17.4 Å². The van der Waals surface area contributed by atoms with Crippen LogP contribution in [0.25, 0.3) is 0 Å². The first-order chi connectivity index (χ1) is 15.2. The Morgan fingerprint density at radius 2 is 1.97 bits per heavy atom. The number of ether oxygens (including phenoxy) is 1. The molecule has 174 valence electrons. The van der Waals surface area contributed by atoms with Crippen LogP contribution in [0.1, 0.15) is 30.5 Å². The molecule has 1 saturated heterocycles. The van der Waals surface area contributed by atoms with Crippen LogP contribution >= 0.6 is 0 Å². The minimum Gasteiger partial charge on any atom is -0.495 e. The molecule has 1 aliphatic rings. The summed E-state index contributed by atoms with van der Waals surface area (Å²) in [7, 11) is -0.146. The molecule has 0 bridgehead atoms. The van der Waals surface area contributed by atoms with Crippen LogP contribution in [0.5, 0.6) is 5.75 Å². The zero-order valence-electron chi connectivity index (χ0n) is 19.2. The highest BCUT2D eigenvalue weighted by molar-refractivity contribution is 7.92. The third kappa shape index (κ3) is 6.46. The quantitative estimate of drug-likeness (QED) is 0.623. The summed E-state index contributed by atoms with van der Waals surface area (Å²) in [5, 5.41) is 0. The summed E-state index contributed by atoms with van der Waals surface area (Å²) in [6.45, 7) is 5.15. The molecule has 1 heterocycles. The number of rotatable bonds is 9. The van der Waals surface area contributed by atoms with Crippen LogP contribution in [0, 0.1) is 5.92 Å². The second kappa shape index (κ2) is 10.4. The number of hydrogen-bond acceptors (Lipinski definition) is 5. The van der Waals surface area contributed by atoms with E-state index in [-0.39, 0.29) is 18.4 Å². The average molecular weight is 460 g/mol. The molecule has 32 heavy (non-hydrogen) atoms. The van der Waals surface area contributed by atoms with Gasteiger partial charge in [-0.05, 0) is 42.1 Å². The molecule has 3 rings (SSSR count). The molecular weight excluding hydrogens is 426 g/mol. The Kier molecular flexibility index (Phi) is 7.79. The molecule has 1 amide bonds. The molecular formula is C24H33N3O4S. The van der Waals surface area contributed by atoms with Crippen molar-refractivity contribution in [3.05, 3.63) is 59.7 Å². The van der Waals surface area contributed by atoms with Gasteiger partial charge < -0.3 is 14.5 Å². The maximum absolute atomic E-state index is 13.3. The molecule has 7 nitrogen and oxygen atoms in total. The molecule has 1 N–H and O–H groups in total. The van der Waals surface area contributed by atoms with E-state index in [0.717, 1.165) is 37.0 Å². The van der Waals surface area contributed by atoms with Crippen molar-refractivity contribution in [1.82, 2.24) is 9.80 Å². The number of sulfonamides is 1. The highest BCUT2D eigenvalue weighted by atomic mass is 32.2. The molecule has 1 fully saturated rings. The molecule has 0 radical (unpaired) electrons. The fourth-order valence-corrected chi connectivity index (χ4v) is 4.74. The van der Waals surface area contributed by atoms with Crippen LogP contribution in [0.2, 0.25) is 0 Å². The van der Waals surface area contributed by atoms with E-state index in [1.807, 2.05) is 30.1 Å². The smallest absolute Gasteiger partial charge is 0.229 e. The van der Waals surface area contributed by atoms with Gasteiger partial charge in [0.25, 0.3) is 0 Å². The lowest BCUT2D eigenvalue weighted by Gasteiger charge is -2.32. The number of methoxy groups -OCH3 is 1. The molecule has 2 aromatic rings. The summed E-state index contributed by atoms with van der Waals surface area (Å²) in [4.78, 5) is 17.5. The molecule has 0 aliphatic carbocycles. The van der Waals surface area contributed by atoms with Gasteiger partial charge in [-0.1, -0.05) is 43.3 Å². The van der Waals surface area contributed by atoms with Gasteiger partial charge in [-0.15, -0.1) is 0 Å². The predicted molar refractivity (Wildman–Crippen MR) is 127 cm³/mol. The summed E-state index contributed by atoms with van der Waals surface area (Å²) in [6.07, 6.45) is 2.43. The maximum Gasteiger partial charge on any atom is 0.229 e. The molecule has 0 saturated carbocycles. The molecule has 2 aromatic carbocycles. The van der Waals surface area contributed by atoms with Gasteiger partial charge in [-0.3, -0.25) is 9.52 Å². The highest BCUT2D eigenvalue weighted by Gasteiger charge is 2.27. The van der Waals surface area contributed by atoms with Crippen LogP contribution < -0.4 is 9.46 Å². The van der Waals surface area contributed by atoms with Gasteiger partial charge in [0.1, 0.15) is 5.75 Å². The molecule has 2 atom stereocenters. The van der Waals surface area contributed by atoms with E-state index in [2.05, 4.69) is 28.7 Å². The first kappa shape index (κ1) is 24.1. The minimum atomic E-state index is -3.47. The van der Waals surface area contributed by atoms with Gasteiger partial charge >= 0.3 is 0 Å². The van der Waals surface area contributed by atoms with Crippen molar-refractivity contribution in [1.29, 1.82) is 0 Å². The Bertz CT molecular complexity index is 1030. The lowest BCUT2D eigenvalue weighted by atomic mass is 10.0. The second-order valence-corrected chi connectivity index (χ2v) is 10.4. The van der Waals surface area contributed by atoms with Gasteiger partial charge in [0, 0.05) is 20.1 Å². The molecule has 0 unspecified atom stereocenters. The topological polar surface area (TPSA) is 79.0 Å². The summed E-state index contributed by atoms with van der Waals surface area (Å²) in [5.74, 6) is 1.05. The van der Waals surface area contributed by atoms with Crippen LogP contribution in [0.4, 0.5) is 5.69 Å². The first-order valence-electron chi connectivity index (χ1n) is 10.8. The number of likely N-dealkylation sites (tertiary alicyclic amines) is 1. The Morgan fingerprint density at radius 3 is 2.56 bits per heavy atom. The number of benzene rings is 2. The normalized spacial score (nSPS) is 17.7. The van der Waals surface area contributed by atoms with Crippen molar-refractivity contribution < 1.29 is 17.9 Å². The van der Waals surface area contributed by atoms with Gasteiger partial charge in [0.2, 0.25) is 15.9 Å². The third-order valence-electron chi connectivity index (χ3n) is 5.90. The fraction of sp³-hybridized carbons (Fsp3) is 0.458. The zero-order valence-corrected chi connectivity index (χ0v) is 20.1. The molecule has 8 heteroatoms. The fourth-order valence-electron chi connectivity index (χ4n) is 4.18. The standard InChI is InChI=1S/C24H33N3O4S/c1-18-12-13-27(16-18)17-22(20-8-6-5-7-9-20)26(2)24(28)15-19-10-11-23(31-3)21(14-19)25-32(4,29)30/h5-11,14,18,22,25H,12-13,15-17H2,1-4H3/t18-,22+/m0/s1. The number of carbonyl (C=O) groups excluding carboxylic acids is 1. The van der Waals surface area contributed by atoms with Gasteiger partial charge in [0.15, 0.2) is 0 Å².